The maximum absolute atomic E-state index is 13.4. The molecule has 2 aliphatic rings. The van der Waals surface area contributed by atoms with E-state index >= 15 is 0 Å². The van der Waals surface area contributed by atoms with Gasteiger partial charge in [0.1, 0.15) is 0 Å². The van der Waals surface area contributed by atoms with Gasteiger partial charge in [0.2, 0.25) is 0 Å². The molecule has 3 amide bonds. The third kappa shape index (κ3) is 5.44. The summed E-state index contributed by atoms with van der Waals surface area (Å²) >= 11 is 6.51. The van der Waals surface area contributed by atoms with Gasteiger partial charge in [0, 0.05) is 63.0 Å². The molecule has 6 rings (SSSR count). The summed E-state index contributed by atoms with van der Waals surface area (Å²) < 4.78 is 41.7. The van der Waals surface area contributed by atoms with Crippen LogP contribution in [-0.2, 0) is 6.18 Å². The molecule has 0 spiro atoms. The number of aromatic nitrogens is 5. The second kappa shape index (κ2) is 11.1. The molecule has 0 radical (unpaired) electrons. The second-order valence-corrected chi connectivity index (χ2v) is 10.4. The summed E-state index contributed by atoms with van der Waals surface area (Å²) in [5.74, 6) is 0.0315. The van der Waals surface area contributed by atoms with Crippen LogP contribution >= 0.6 is 11.6 Å². The first-order valence-corrected chi connectivity index (χ1v) is 13.6. The molecule has 0 unspecified atom stereocenters. The average molecular weight is 603 g/mol. The van der Waals surface area contributed by atoms with Gasteiger partial charge in [-0.1, -0.05) is 11.6 Å². The third-order valence-corrected chi connectivity index (χ3v) is 7.63. The average Bonchev–Trinajstić information content (AvgIpc) is 3.74. The van der Waals surface area contributed by atoms with Gasteiger partial charge in [0.15, 0.2) is 17.2 Å². The lowest BCUT2D eigenvalue weighted by Gasteiger charge is -2.35. The molecular formula is C26H26ClF3N10O2. The number of alkyl halides is 3. The van der Waals surface area contributed by atoms with Crippen LogP contribution in [0.1, 0.15) is 22.5 Å². The van der Waals surface area contributed by atoms with Crippen molar-refractivity contribution in [3.05, 3.63) is 59.3 Å². The molecule has 4 N–H and O–H groups in total. The summed E-state index contributed by atoms with van der Waals surface area (Å²) in [6.45, 7) is 3.24. The highest BCUT2D eigenvalue weighted by molar-refractivity contribution is 6.34. The van der Waals surface area contributed by atoms with Gasteiger partial charge in [-0.2, -0.15) is 18.3 Å². The van der Waals surface area contributed by atoms with Crippen LogP contribution in [-0.4, -0.2) is 91.6 Å². The fraction of sp³-hybridized carbons (Fsp3) is 0.346. The molecule has 0 saturated carbocycles. The van der Waals surface area contributed by atoms with Gasteiger partial charge >= 0.3 is 12.2 Å². The van der Waals surface area contributed by atoms with Crippen LogP contribution in [0.25, 0.3) is 16.9 Å². The van der Waals surface area contributed by atoms with Crippen LogP contribution in [0.3, 0.4) is 0 Å². The number of hydrogen-bond acceptors (Lipinski definition) is 7. The Labute approximate surface area is 242 Å². The number of hydrogen-bond donors (Lipinski definition) is 4. The van der Waals surface area contributed by atoms with Crippen LogP contribution in [0.2, 0.25) is 5.02 Å². The third-order valence-electron chi connectivity index (χ3n) is 7.32. The van der Waals surface area contributed by atoms with Crippen LogP contribution in [0.4, 0.5) is 29.5 Å². The number of imidazole rings is 1. The Hall–Kier alpha value is -4.37. The van der Waals surface area contributed by atoms with Crippen LogP contribution < -0.4 is 16.0 Å². The number of piperazine rings is 1. The second-order valence-electron chi connectivity index (χ2n) is 10.00. The maximum atomic E-state index is 13.4. The zero-order chi connectivity index (χ0) is 29.4. The van der Waals surface area contributed by atoms with E-state index in [-0.39, 0.29) is 45.7 Å². The SMILES string of the molecule is O=C(N[C@H]1CCNC1)N1CCN(C(=O)c2ccc(Nc3nccn4c(-c5c[nH]nc5C(F)(F)F)cnc34)cc2Cl)CC1. The largest absolute Gasteiger partial charge is 0.435 e. The number of rotatable bonds is 5. The Morgan fingerprint density at radius 3 is 2.60 bits per heavy atom. The van der Waals surface area contributed by atoms with Crippen LogP contribution in [0, 0.1) is 0 Å². The first kappa shape index (κ1) is 27.8. The number of H-pyrrole nitrogens is 1. The number of urea groups is 1. The Morgan fingerprint density at radius 1 is 1.10 bits per heavy atom. The molecule has 2 aliphatic heterocycles. The molecule has 0 bridgehead atoms. The molecule has 2 saturated heterocycles. The van der Waals surface area contributed by atoms with Crippen LogP contribution in [0.15, 0.2) is 43.0 Å². The highest BCUT2D eigenvalue weighted by Gasteiger charge is 2.37. The van der Waals surface area contributed by atoms with Crippen molar-refractivity contribution in [1.82, 2.24) is 45.0 Å². The molecule has 42 heavy (non-hydrogen) atoms. The topological polar surface area (TPSA) is 136 Å². The standard InChI is InChI=1S/C26H26ClF3N10O2/c27-19-11-15(1-2-17(19)24(41)38-7-9-39(10-8-38)25(42)36-16-3-4-31-12-16)35-22-23-33-14-20(40(23)6-5-32-22)18-13-34-37-21(18)26(28,29)30/h1-2,5-6,11,13-14,16,31H,3-4,7-10,12H2,(H,32,35)(H,34,37)(H,36,42)/t16-/m0/s1. The van der Waals surface area contributed by atoms with E-state index in [0.717, 1.165) is 25.7 Å². The predicted molar refractivity (Wildman–Crippen MR) is 148 cm³/mol. The van der Waals surface area contributed by atoms with Crippen molar-refractivity contribution in [1.29, 1.82) is 0 Å². The number of aromatic amines is 1. The zero-order valence-electron chi connectivity index (χ0n) is 22.1. The lowest BCUT2D eigenvalue weighted by molar-refractivity contribution is -0.140. The maximum Gasteiger partial charge on any atom is 0.435 e. The zero-order valence-corrected chi connectivity index (χ0v) is 22.8. The number of anilines is 2. The number of amides is 3. The first-order valence-electron chi connectivity index (χ1n) is 13.2. The predicted octanol–water partition coefficient (Wildman–Crippen LogP) is 3.36. The molecule has 3 aromatic heterocycles. The number of halogens is 4. The number of nitrogens with zero attached hydrogens (tertiary/aromatic N) is 6. The molecule has 12 nitrogen and oxygen atoms in total. The van der Waals surface area contributed by atoms with Crippen molar-refractivity contribution in [2.24, 2.45) is 0 Å². The summed E-state index contributed by atoms with van der Waals surface area (Å²) in [5, 5.41) is 15.1. The van der Waals surface area contributed by atoms with Gasteiger partial charge in [-0.05, 0) is 31.2 Å². The summed E-state index contributed by atoms with van der Waals surface area (Å²) in [6.07, 6.45) is 1.66. The lowest BCUT2D eigenvalue weighted by Crippen LogP contribution is -2.54. The molecule has 220 valence electrons. The van der Waals surface area contributed by atoms with Crippen molar-refractivity contribution in [3.63, 3.8) is 0 Å². The quantitative estimate of drug-likeness (QED) is 0.275. The summed E-state index contributed by atoms with van der Waals surface area (Å²) in [4.78, 5) is 37.7. The van der Waals surface area contributed by atoms with E-state index in [4.69, 9.17) is 11.6 Å². The minimum absolute atomic E-state index is 0.122. The van der Waals surface area contributed by atoms with E-state index in [1.165, 1.54) is 23.0 Å². The molecule has 5 heterocycles. The molecular weight excluding hydrogens is 577 g/mol. The smallest absolute Gasteiger partial charge is 0.337 e. The van der Waals surface area contributed by atoms with Crippen molar-refractivity contribution < 1.29 is 22.8 Å². The fourth-order valence-corrected chi connectivity index (χ4v) is 5.40. The van der Waals surface area contributed by atoms with Crippen molar-refractivity contribution in [2.75, 3.05) is 44.6 Å². The van der Waals surface area contributed by atoms with E-state index in [9.17, 15) is 22.8 Å². The number of fused-ring (bicyclic) bond motifs is 1. The Morgan fingerprint density at radius 2 is 1.88 bits per heavy atom. The summed E-state index contributed by atoms with van der Waals surface area (Å²) in [5.41, 5.74) is 0.0855. The summed E-state index contributed by atoms with van der Waals surface area (Å²) in [7, 11) is 0. The number of carbonyl (C=O) groups excluding carboxylic acids is 2. The minimum Gasteiger partial charge on any atom is -0.337 e. The van der Waals surface area contributed by atoms with Gasteiger partial charge in [0.05, 0.1) is 28.0 Å². The molecule has 1 aromatic carbocycles. The highest BCUT2D eigenvalue weighted by atomic mass is 35.5. The van der Waals surface area contributed by atoms with E-state index in [2.05, 4.69) is 36.1 Å². The monoisotopic (exact) mass is 602 g/mol. The van der Waals surface area contributed by atoms with Gasteiger partial charge < -0.3 is 25.8 Å². The van der Waals surface area contributed by atoms with Crippen LogP contribution in [0.5, 0.6) is 0 Å². The van der Waals surface area contributed by atoms with E-state index in [1.807, 2.05) is 0 Å². The van der Waals surface area contributed by atoms with Crippen molar-refractivity contribution in [3.8, 4) is 11.3 Å². The van der Waals surface area contributed by atoms with Crippen molar-refractivity contribution >= 4 is 40.7 Å². The summed E-state index contributed by atoms with van der Waals surface area (Å²) in [6, 6.07) is 4.83. The Kier molecular flexibility index (Phi) is 7.36. The minimum atomic E-state index is -4.64. The highest BCUT2D eigenvalue weighted by Crippen LogP contribution is 2.36. The first-order chi connectivity index (χ1) is 20.2. The van der Waals surface area contributed by atoms with E-state index < -0.39 is 11.9 Å². The van der Waals surface area contributed by atoms with E-state index in [1.54, 1.807) is 28.0 Å². The number of benzene rings is 1. The molecule has 0 aliphatic carbocycles. The lowest BCUT2D eigenvalue weighted by atomic mass is 10.1. The van der Waals surface area contributed by atoms with E-state index in [0.29, 0.717) is 37.4 Å². The van der Waals surface area contributed by atoms with Gasteiger partial charge in [-0.3, -0.25) is 14.3 Å². The Balaban J connectivity index is 1.13. The Bertz CT molecular complexity index is 1620. The molecule has 2 fully saturated rings. The fourth-order valence-electron chi connectivity index (χ4n) is 5.14. The molecule has 16 heteroatoms. The normalized spacial score (nSPS) is 17.6. The number of nitrogens with one attached hydrogen (secondary N) is 4. The van der Waals surface area contributed by atoms with Gasteiger partial charge in [-0.15, -0.1) is 0 Å². The van der Waals surface area contributed by atoms with Crippen molar-refractivity contribution in [2.45, 2.75) is 18.6 Å². The van der Waals surface area contributed by atoms with Gasteiger partial charge in [-0.25, -0.2) is 14.8 Å². The van der Waals surface area contributed by atoms with Gasteiger partial charge in [0.25, 0.3) is 5.91 Å². The number of carbonyl (C=O) groups is 2. The molecule has 4 aromatic rings. The molecule has 1 atom stereocenters.